The molecule has 0 aliphatic heterocycles. The standard InChI is InChI=1S/C15H11BrN4O4/c16-12-3-1-2-4-13(12)18-14(21)15(22)19-17-9-10-5-7-11(8-6-10)20(23)24/h1-9H,(H,18,21)(H,19,22)/b17-9-. The van der Waals surface area contributed by atoms with Gasteiger partial charge in [-0.3, -0.25) is 19.7 Å². The SMILES string of the molecule is O=C(N/N=C\c1ccc([N+](=O)[O-])cc1)C(=O)Nc1ccccc1Br. The van der Waals surface area contributed by atoms with Gasteiger partial charge in [0.05, 0.1) is 16.8 Å². The molecule has 0 saturated carbocycles. The van der Waals surface area contributed by atoms with Gasteiger partial charge in [-0.05, 0) is 45.8 Å². The van der Waals surface area contributed by atoms with Crippen LogP contribution in [0, 0.1) is 10.1 Å². The minimum Gasteiger partial charge on any atom is -0.317 e. The average molecular weight is 391 g/mol. The summed E-state index contributed by atoms with van der Waals surface area (Å²) in [5.74, 6) is -1.81. The Bertz CT molecular complexity index is 805. The fourth-order valence-electron chi connectivity index (χ4n) is 1.64. The lowest BCUT2D eigenvalue weighted by molar-refractivity contribution is -0.384. The molecule has 0 bridgehead atoms. The lowest BCUT2D eigenvalue weighted by Crippen LogP contribution is -2.32. The van der Waals surface area contributed by atoms with Crippen LogP contribution in [-0.2, 0) is 9.59 Å². The Balaban J connectivity index is 1.91. The summed E-state index contributed by atoms with van der Waals surface area (Å²) < 4.78 is 0.639. The largest absolute Gasteiger partial charge is 0.329 e. The fourth-order valence-corrected chi connectivity index (χ4v) is 2.02. The maximum atomic E-state index is 11.7. The number of carbonyl (C=O) groups is 2. The molecule has 24 heavy (non-hydrogen) atoms. The quantitative estimate of drug-likeness (QED) is 0.361. The van der Waals surface area contributed by atoms with Gasteiger partial charge in [0.2, 0.25) is 0 Å². The maximum absolute atomic E-state index is 11.7. The summed E-state index contributed by atoms with van der Waals surface area (Å²) in [5.41, 5.74) is 3.02. The predicted molar refractivity (Wildman–Crippen MR) is 91.6 cm³/mol. The van der Waals surface area contributed by atoms with Crippen molar-refractivity contribution in [3.05, 3.63) is 68.7 Å². The molecule has 0 aromatic heterocycles. The zero-order valence-corrected chi connectivity index (χ0v) is 13.7. The monoisotopic (exact) mass is 390 g/mol. The molecule has 2 N–H and O–H groups in total. The number of nitrogens with zero attached hydrogens (tertiary/aromatic N) is 2. The van der Waals surface area contributed by atoms with Gasteiger partial charge in [-0.15, -0.1) is 0 Å². The van der Waals surface area contributed by atoms with Crippen LogP contribution in [0.25, 0.3) is 0 Å². The molecule has 0 saturated heterocycles. The summed E-state index contributed by atoms with van der Waals surface area (Å²) in [6.07, 6.45) is 1.27. The van der Waals surface area contributed by atoms with E-state index in [4.69, 9.17) is 0 Å². The Morgan fingerprint density at radius 3 is 2.38 bits per heavy atom. The number of nitro groups is 1. The Hall–Kier alpha value is -3.07. The van der Waals surface area contributed by atoms with E-state index < -0.39 is 16.7 Å². The number of amides is 2. The van der Waals surface area contributed by atoms with Gasteiger partial charge in [0.1, 0.15) is 0 Å². The van der Waals surface area contributed by atoms with E-state index in [1.807, 2.05) is 0 Å². The molecule has 2 rings (SSSR count). The Morgan fingerprint density at radius 1 is 1.08 bits per heavy atom. The number of hydrazone groups is 1. The lowest BCUT2D eigenvalue weighted by atomic mass is 10.2. The fraction of sp³-hybridized carbons (Fsp3) is 0. The average Bonchev–Trinajstić information content (AvgIpc) is 2.57. The normalized spacial score (nSPS) is 10.4. The van der Waals surface area contributed by atoms with E-state index >= 15 is 0 Å². The summed E-state index contributed by atoms with van der Waals surface area (Å²) in [6.45, 7) is 0. The van der Waals surface area contributed by atoms with Crippen LogP contribution in [0.3, 0.4) is 0 Å². The number of benzene rings is 2. The number of carbonyl (C=O) groups excluding carboxylic acids is 2. The molecular weight excluding hydrogens is 380 g/mol. The summed E-state index contributed by atoms with van der Waals surface area (Å²) in [6, 6.07) is 12.4. The number of anilines is 1. The molecule has 0 unspecified atom stereocenters. The highest BCUT2D eigenvalue weighted by Gasteiger charge is 2.13. The van der Waals surface area contributed by atoms with E-state index in [-0.39, 0.29) is 5.69 Å². The molecule has 8 nitrogen and oxygen atoms in total. The highest BCUT2D eigenvalue weighted by atomic mass is 79.9. The Morgan fingerprint density at radius 2 is 1.75 bits per heavy atom. The molecular formula is C15H11BrN4O4. The number of non-ortho nitro benzene ring substituents is 1. The van der Waals surface area contributed by atoms with E-state index in [1.165, 1.54) is 30.5 Å². The third-order valence-corrected chi connectivity index (χ3v) is 3.50. The van der Waals surface area contributed by atoms with Gasteiger partial charge in [-0.25, -0.2) is 5.43 Å². The lowest BCUT2D eigenvalue weighted by Gasteiger charge is -2.05. The van der Waals surface area contributed by atoms with Crippen molar-refractivity contribution in [2.75, 3.05) is 5.32 Å². The van der Waals surface area contributed by atoms with E-state index in [0.29, 0.717) is 15.7 Å². The van der Waals surface area contributed by atoms with Crippen molar-refractivity contribution >= 4 is 45.3 Å². The first kappa shape index (κ1) is 17.3. The van der Waals surface area contributed by atoms with Crippen LogP contribution in [-0.4, -0.2) is 23.0 Å². The van der Waals surface area contributed by atoms with Gasteiger partial charge in [0.25, 0.3) is 5.69 Å². The number of hydrogen-bond donors (Lipinski definition) is 2. The van der Waals surface area contributed by atoms with Gasteiger partial charge in [-0.1, -0.05) is 12.1 Å². The first-order valence-corrected chi connectivity index (χ1v) is 7.40. The number of nitrogens with one attached hydrogen (secondary N) is 2. The highest BCUT2D eigenvalue weighted by molar-refractivity contribution is 9.10. The number of rotatable bonds is 4. The van der Waals surface area contributed by atoms with Crippen molar-refractivity contribution in [2.45, 2.75) is 0 Å². The van der Waals surface area contributed by atoms with Gasteiger partial charge in [0.15, 0.2) is 0 Å². The Labute approximate surface area is 144 Å². The van der Waals surface area contributed by atoms with Crippen molar-refractivity contribution in [2.24, 2.45) is 5.10 Å². The van der Waals surface area contributed by atoms with Crippen LogP contribution in [0.1, 0.15) is 5.56 Å². The first-order valence-electron chi connectivity index (χ1n) is 6.61. The zero-order chi connectivity index (χ0) is 17.5. The van der Waals surface area contributed by atoms with Crippen molar-refractivity contribution in [3.8, 4) is 0 Å². The molecule has 0 aliphatic carbocycles. The van der Waals surface area contributed by atoms with E-state index in [1.54, 1.807) is 24.3 Å². The molecule has 0 radical (unpaired) electrons. The van der Waals surface area contributed by atoms with Crippen LogP contribution in [0.4, 0.5) is 11.4 Å². The second-order valence-electron chi connectivity index (χ2n) is 4.48. The van der Waals surface area contributed by atoms with Gasteiger partial charge >= 0.3 is 11.8 Å². The van der Waals surface area contributed by atoms with Crippen molar-refractivity contribution in [3.63, 3.8) is 0 Å². The zero-order valence-electron chi connectivity index (χ0n) is 12.1. The van der Waals surface area contributed by atoms with Gasteiger partial charge in [0, 0.05) is 16.6 Å². The Kier molecular flexibility index (Phi) is 5.74. The number of hydrogen-bond acceptors (Lipinski definition) is 5. The third-order valence-electron chi connectivity index (χ3n) is 2.81. The minimum atomic E-state index is -0.941. The maximum Gasteiger partial charge on any atom is 0.329 e. The van der Waals surface area contributed by atoms with Crippen molar-refractivity contribution in [1.29, 1.82) is 0 Å². The van der Waals surface area contributed by atoms with Crippen LogP contribution in [0.2, 0.25) is 0 Å². The molecule has 0 spiro atoms. The second kappa shape index (κ2) is 7.97. The molecule has 0 heterocycles. The topological polar surface area (TPSA) is 114 Å². The van der Waals surface area contributed by atoms with Crippen LogP contribution >= 0.6 is 15.9 Å². The molecule has 0 fully saturated rings. The summed E-state index contributed by atoms with van der Waals surface area (Å²) in [5, 5.41) is 16.6. The summed E-state index contributed by atoms with van der Waals surface area (Å²) in [4.78, 5) is 33.4. The summed E-state index contributed by atoms with van der Waals surface area (Å²) >= 11 is 3.25. The van der Waals surface area contributed by atoms with Gasteiger partial charge in [-0.2, -0.15) is 5.10 Å². The molecule has 0 atom stereocenters. The first-order chi connectivity index (χ1) is 11.5. The van der Waals surface area contributed by atoms with E-state index in [0.717, 1.165) is 0 Å². The third kappa shape index (κ3) is 4.71. The molecule has 0 aliphatic rings. The van der Waals surface area contributed by atoms with Crippen molar-refractivity contribution in [1.82, 2.24) is 5.43 Å². The molecule has 2 amide bonds. The number of halogens is 1. The number of para-hydroxylation sites is 1. The second-order valence-corrected chi connectivity index (χ2v) is 5.34. The molecule has 2 aromatic rings. The molecule has 9 heteroatoms. The summed E-state index contributed by atoms with van der Waals surface area (Å²) in [7, 11) is 0. The molecule has 2 aromatic carbocycles. The van der Waals surface area contributed by atoms with E-state index in [9.17, 15) is 19.7 Å². The molecule has 122 valence electrons. The highest BCUT2D eigenvalue weighted by Crippen LogP contribution is 2.20. The smallest absolute Gasteiger partial charge is 0.317 e. The predicted octanol–water partition coefficient (Wildman–Crippen LogP) is 2.45. The van der Waals surface area contributed by atoms with Gasteiger partial charge < -0.3 is 5.32 Å². The van der Waals surface area contributed by atoms with Crippen molar-refractivity contribution < 1.29 is 14.5 Å². The van der Waals surface area contributed by atoms with Crippen LogP contribution in [0.5, 0.6) is 0 Å². The number of nitro benzene ring substituents is 1. The van der Waals surface area contributed by atoms with Crippen LogP contribution < -0.4 is 10.7 Å². The minimum absolute atomic E-state index is 0.0519. The van der Waals surface area contributed by atoms with Crippen LogP contribution in [0.15, 0.2) is 58.1 Å². The van der Waals surface area contributed by atoms with E-state index in [2.05, 4.69) is 31.8 Å².